The lowest BCUT2D eigenvalue weighted by Crippen LogP contribution is -2.28. The van der Waals surface area contributed by atoms with Gasteiger partial charge in [0, 0.05) is 12.8 Å². The second kappa shape index (κ2) is 7.36. The van der Waals surface area contributed by atoms with Crippen molar-refractivity contribution in [2.75, 3.05) is 0 Å². The van der Waals surface area contributed by atoms with Gasteiger partial charge in [-0.1, -0.05) is 11.6 Å². The summed E-state index contributed by atoms with van der Waals surface area (Å²) < 4.78 is 0. The van der Waals surface area contributed by atoms with Crippen molar-refractivity contribution >= 4 is 23.7 Å². The molecular formula is C13H12ClN5O4. The molecule has 0 fully saturated rings. The Kier molecular flexibility index (Phi) is 5.26. The molecule has 0 radical (unpaired) electrons. The maximum atomic E-state index is 11.6. The highest BCUT2D eigenvalue weighted by atomic mass is 35.5. The quantitative estimate of drug-likeness (QED) is 0.445. The molecule has 2 aromatic rings. The van der Waals surface area contributed by atoms with Crippen LogP contribution in [0.1, 0.15) is 17.7 Å². The van der Waals surface area contributed by atoms with E-state index in [4.69, 9.17) is 11.6 Å². The number of nitrogens with one attached hydrogen (secondary N) is 3. The number of phenols is 1. The SMILES string of the molecule is O=C(CCc1n[nH]c(=O)[nH]c1=O)N/N=C/c1ccc(O)c(Cl)c1. The maximum absolute atomic E-state index is 11.6. The van der Waals surface area contributed by atoms with E-state index in [9.17, 15) is 19.5 Å². The molecule has 10 heteroatoms. The Labute approximate surface area is 134 Å². The molecule has 120 valence electrons. The van der Waals surface area contributed by atoms with Crippen molar-refractivity contribution in [1.82, 2.24) is 20.6 Å². The average Bonchev–Trinajstić information content (AvgIpc) is 2.50. The fourth-order valence-electron chi connectivity index (χ4n) is 1.61. The van der Waals surface area contributed by atoms with E-state index in [0.29, 0.717) is 5.56 Å². The van der Waals surface area contributed by atoms with Gasteiger partial charge in [0.05, 0.1) is 11.2 Å². The van der Waals surface area contributed by atoms with Crippen molar-refractivity contribution in [3.63, 3.8) is 0 Å². The molecule has 23 heavy (non-hydrogen) atoms. The van der Waals surface area contributed by atoms with Gasteiger partial charge in [0.25, 0.3) is 5.56 Å². The fourth-order valence-corrected chi connectivity index (χ4v) is 1.80. The Morgan fingerprint density at radius 3 is 2.91 bits per heavy atom. The molecule has 0 spiro atoms. The minimum atomic E-state index is -0.708. The molecule has 1 heterocycles. The van der Waals surface area contributed by atoms with Crippen LogP contribution in [0.2, 0.25) is 5.02 Å². The number of benzene rings is 1. The number of aromatic nitrogens is 3. The van der Waals surface area contributed by atoms with Crippen molar-refractivity contribution in [3.8, 4) is 5.75 Å². The Bertz CT molecular complexity index is 858. The number of hydrazone groups is 1. The molecule has 4 N–H and O–H groups in total. The molecule has 0 aliphatic heterocycles. The van der Waals surface area contributed by atoms with Gasteiger partial charge >= 0.3 is 5.69 Å². The van der Waals surface area contributed by atoms with Gasteiger partial charge in [0.2, 0.25) is 5.91 Å². The van der Waals surface area contributed by atoms with Crippen molar-refractivity contribution in [1.29, 1.82) is 0 Å². The summed E-state index contributed by atoms with van der Waals surface area (Å²) in [7, 11) is 0. The fraction of sp³-hybridized carbons (Fsp3) is 0.154. The van der Waals surface area contributed by atoms with Crippen LogP contribution >= 0.6 is 11.6 Å². The Morgan fingerprint density at radius 1 is 1.43 bits per heavy atom. The summed E-state index contributed by atoms with van der Waals surface area (Å²) in [5.74, 6) is -0.481. The molecule has 0 saturated heterocycles. The second-order valence-electron chi connectivity index (χ2n) is 4.46. The van der Waals surface area contributed by atoms with Crippen LogP contribution in [-0.2, 0) is 11.2 Å². The lowest BCUT2D eigenvalue weighted by Gasteiger charge is -2.00. The van der Waals surface area contributed by atoms with E-state index >= 15 is 0 Å². The first kappa shape index (κ1) is 16.4. The zero-order chi connectivity index (χ0) is 16.8. The highest BCUT2D eigenvalue weighted by molar-refractivity contribution is 6.32. The Balaban J connectivity index is 1.87. The first-order chi connectivity index (χ1) is 11.0. The smallest absolute Gasteiger partial charge is 0.342 e. The van der Waals surface area contributed by atoms with Crippen LogP contribution in [-0.4, -0.2) is 32.4 Å². The van der Waals surface area contributed by atoms with Gasteiger partial charge in [-0.3, -0.25) is 14.6 Å². The minimum Gasteiger partial charge on any atom is -0.506 e. The van der Waals surface area contributed by atoms with Crippen molar-refractivity contribution in [2.24, 2.45) is 5.10 Å². The van der Waals surface area contributed by atoms with Gasteiger partial charge < -0.3 is 5.11 Å². The van der Waals surface area contributed by atoms with E-state index in [2.05, 4.69) is 20.7 Å². The molecule has 9 nitrogen and oxygen atoms in total. The molecule has 1 amide bonds. The van der Waals surface area contributed by atoms with Crippen molar-refractivity contribution in [2.45, 2.75) is 12.8 Å². The van der Waals surface area contributed by atoms with Crippen LogP contribution in [0.4, 0.5) is 0 Å². The largest absolute Gasteiger partial charge is 0.506 e. The van der Waals surface area contributed by atoms with E-state index in [1.54, 1.807) is 6.07 Å². The number of hydrogen-bond acceptors (Lipinski definition) is 6. The first-order valence-electron chi connectivity index (χ1n) is 6.44. The number of hydrogen-bond donors (Lipinski definition) is 4. The summed E-state index contributed by atoms with van der Waals surface area (Å²) in [5, 5.41) is 18.8. The summed E-state index contributed by atoms with van der Waals surface area (Å²) in [6, 6.07) is 4.45. The second-order valence-corrected chi connectivity index (χ2v) is 4.86. The highest BCUT2D eigenvalue weighted by Crippen LogP contribution is 2.22. The summed E-state index contributed by atoms with van der Waals surface area (Å²) in [6.45, 7) is 0. The third-order valence-corrected chi connectivity index (χ3v) is 3.05. The van der Waals surface area contributed by atoms with Crippen molar-refractivity contribution in [3.05, 3.63) is 55.3 Å². The molecule has 0 saturated carbocycles. The van der Waals surface area contributed by atoms with Gasteiger partial charge in [0.15, 0.2) is 0 Å². The van der Waals surface area contributed by atoms with E-state index in [1.165, 1.54) is 18.3 Å². The van der Waals surface area contributed by atoms with E-state index < -0.39 is 17.2 Å². The van der Waals surface area contributed by atoms with E-state index in [0.717, 1.165) is 0 Å². The molecule has 0 aliphatic rings. The number of H-pyrrole nitrogens is 2. The number of amides is 1. The topological polar surface area (TPSA) is 140 Å². The van der Waals surface area contributed by atoms with Gasteiger partial charge in [0.1, 0.15) is 11.4 Å². The average molecular weight is 338 g/mol. The first-order valence-corrected chi connectivity index (χ1v) is 6.82. The third-order valence-electron chi connectivity index (χ3n) is 2.75. The van der Waals surface area contributed by atoms with E-state index in [1.807, 2.05) is 4.98 Å². The normalized spacial score (nSPS) is 10.8. The van der Waals surface area contributed by atoms with Crippen LogP contribution in [0.25, 0.3) is 0 Å². The van der Waals surface area contributed by atoms with Gasteiger partial charge in [-0.25, -0.2) is 15.3 Å². The predicted octanol–water partition coefficient (Wildman–Crippen LogP) is -0.0999. The zero-order valence-corrected chi connectivity index (χ0v) is 12.4. The lowest BCUT2D eigenvalue weighted by atomic mass is 10.2. The van der Waals surface area contributed by atoms with Gasteiger partial charge in [-0.05, 0) is 23.8 Å². The minimum absolute atomic E-state index is 0.0319. The number of aromatic amines is 2. The number of rotatable bonds is 5. The third kappa shape index (κ3) is 4.78. The van der Waals surface area contributed by atoms with Gasteiger partial charge in [-0.15, -0.1) is 0 Å². The van der Waals surface area contributed by atoms with Crippen LogP contribution in [0.3, 0.4) is 0 Å². The number of aromatic hydroxyl groups is 1. The van der Waals surface area contributed by atoms with Crippen LogP contribution in [0.5, 0.6) is 5.75 Å². The number of aryl methyl sites for hydroxylation is 1. The zero-order valence-electron chi connectivity index (χ0n) is 11.7. The van der Waals surface area contributed by atoms with E-state index in [-0.39, 0.29) is 29.3 Å². The predicted molar refractivity (Wildman–Crippen MR) is 82.7 cm³/mol. The maximum Gasteiger partial charge on any atom is 0.342 e. The summed E-state index contributed by atoms with van der Waals surface area (Å²) in [4.78, 5) is 35.8. The monoisotopic (exact) mass is 337 g/mol. The Hall–Kier alpha value is -2.94. The van der Waals surface area contributed by atoms with Crippen LogP contribution in [0.15, 0.2) is 32.9 Å². The standard InChI is InChI=1S/C13H12ClN5O4/c14-8-5-7(1-3-10(8)20)6-15-18-11(21)4-2-9-12(22)16-13(23)19-17-9/h1,3,5-6,20H,2,4H2,(H,18,21)(H2,16,19,22,23)/b15-6+. The number of carbonyl (C=O) groups excluding carboxylic acids is 1. The molecular weight excluding hydrogens is 326 g/mol. The number of carbonyl (C=O) groups is 1. The molecule has 0 bridgehead atoms. The van der Waals surface area contributed by atoms with Crippen LogP contribution in [0, 0.1) is 0 Å². The molecule has 0 unspecified atom stereocenters. The summed E-state index contributed by atoms with van der Waals surface area (Å²) in [6.07, 6.45) is 1.38. The van der Waals surface area contributed by atoms with Crippen LogP contribution < -0.4 is 16.7 Å². The number of halogens is 1. The summed E-state index contributed by atoms with van der Waals surface area (Å²) >= 11 is 5.74. The van der Waals surface area contributed by atoms with Gasteiger partial charge in [-0.2, -0.15) is 10.2 Å². The molecule has 0 aliphatic carbocycles. The molecule has 2 rings (SSSR count). The summed E-state index contributed by atoms with van der Waals surface area (Å²) in [5.41, 5.74) is 1.58. The molecule has 1 aromatic carbocycles. The molecule has 0 atom stereocenters. The highest BCUT2D eigenvalue weighted by Gasteiger charge is 2.06. The van der Waals surface area contributed by atoms with Crippen molar-refractivity contribution < 1.29 is 9.90 Å². The number of phenolic OH excluding ortho intramolecular Hbond substituents is 1. The molecule has 1 aromatic heterocycles. The lowest BCUT2D eigenvalue weighted by molar-refractivity contribution is -0.121. The Morgan fingerprint density at radius 2 is 2.22 bits per heavy atom. The number of nitrogens with zero attached hydrogens (tertiary/aromatic N) is 2.